The van der Waals surface area contributed by atoms with Crippen molar-refractivity contribution in [1.82, 2.24) is 0 Å². The molecular formula is C20H42. The maximum Gasteiger partial charge on any atom is -0.0386 e. The standard InChI is InChI=1S/C15H28.C3H8.C2H6/c1-12(2)13-8-10-15(11-9-13)14-6-4-3-5-7-14;1-3-2;1-2/h12-15H,3-11H2,1-2H3;3H2,1-2H3;1-2H3. The third-order valence-electron chi connectivity index (χ3n) is 5.08. The van der Waals surface area contributed by atoms with Crippen LogP contribution in [0.2, 0.25) is 0 Å². The Bertz CT molecular complexity index is 180. The first-order valence-electron chi connectivity index (χ1n) is 9.69. The van der Waals surface area contributed by atoms with Gasteiger partial charge in [-0.25, -0.2) is 0 Å². The molecule has 20 heavy (non-hydrogen) atoms. The van der Waals surface area contributed by atoms with Crippen molar-refractivity contribution in [1.29, 1.82) is 0 Å². The van der Waals surface area contributed by atoms with Gasteiger partial charge in [-0.15, -0.1) is 0 Å². The second-order valence-electron chi connectivity index (χ2n) is 7.02. The fraction of sp³-hybridized carbons (Fsp3) is 1.00. The van der Waals surface area contributed by atoms with Crippen molar-refractivity contribution < 1.29 is 0 Å². The Morgan fingerprint density at radius 1 is 0.700 bits per heavy atom. The summed E-state index contributed by atoms with van der Waals surface area (Å²) in [6, 6.07) is 0. The zero-order chi connectivity index (χ0) is 15.4. The van der Waals surface area contributed by atoms with Crippen LogP contribution in [-0.2, 0) is 0 Å². The summed E-state index contributed by atoms with van der Waals surface area (Å²) in [7, 11) is 0. The SMILES string of the molecule is CC.CC(C)C1CCC(C2CCCCC2)CC1.CCC. The van der Waals surface area contributed by atoms with Crippen LogP contribution in [0.1, 0.15) is 106 Å². The van der Waals surface area contributed by atoms with Gasteiger partial charge in [0.05, 0.1) is 0 Å². The van der Waals surface area contributed by atoms with Gasteiger partial charge in [-0.3, -0.25) is 0 Å². The Morgan fingerprint density at radius 2 is 1.10 bits per heavy atom. The van der Waals surface area contributed by atoms with E-state index in [2.05, 4.69) is 27.7 Å². The van der Waals surface area contributed by atoms with Gasteiger partial charge >= 0.3 is 0 Å². The fourth-order valence-electron chi connectivity index (χ4n) is 3.89. The average Bonchev–Trinajstić information content (AvgIpc) is 2.51. The van der Waals surface area contributed by atoms with Crippen LogP contribution in [0.4, 0.5) is 0 Å². The lowest BCUT2D eigenvalue weighted by Gasteiger charge is -2.37. The highest BCUT2D eigenvalue weighted by Gasteiger charge is 2.29. The van der Waals surface area contributed by atoms with E-state index in [4.69, 9.17) is 0 Å². The minimum Gasteiger partial charge on any atom is -0.0683 e. The Hall–Kier alpha value is 0. The Balaban J connectivity index is 0.000000641. The first kappa shape index (κ1) is 20.0. The number of rotatable bonds is 2. The molecule has 0 nitrogen and oxygen atoms in total. The second kappa shape index (κ2) is 12.7. The molecule has 2 aliphatic carbocycles. The van der Waals surface area contributed by atoms with Gasteiger partial charge in [0.25, 0.3) is 0 Å². The largest absolute Gasteiger partial charge is 0.0683 e. The zero-order valence-corrected chi connectivity index (χ0v) is 15.4. The quantitative estimate of drug-likeness (QED) is 0.492. The lowest BCUT2D eigenvalue weighted by Crippen LogP contribution is -2.25. The molecule has 0 saturated heterocycles. The molecule has 122 valence electrons. The summed E-state index contributed by atoms with van der Waals surface area (Å²) >= 11 is 0. The Morgan fingerprint density at radius 3 is 1.50 bits per heavy atom. The minimum absolute atomic E-state index is 0.928. The molecule has 2 rings (SSSR count). The molecule has 0 N–H and O–H groups in total. The summed E-state index contributed by atoms with van der Waals surface area (Å²) in [6.07, 6.45) is 15.1. The normalized spacial score (nSPS) is 27.1. The maximum absolute atomic E-state index is 2.41. The Labute approximate surface area is 130 Å². The van der Waals surface area contributed by atoms with Gasteiger partial charge < -0.3 is 0 Å². The molecule has 0 spiro atoms. The first-order chi connectivity index (χ1) is 9.69. The van der Waals surface area contributed by atoms with Crippen molar-refractivity contribution in [2.45, 2.75) is 106 Å². The summed E-state index contributed by atoms with van der Waals surface area (Å²) in [5.74, 6) is 4.20. The van der Waals surface area contributed by atoms with Crippen molar-refractivity contribution in [3.63, 3.8) is 0 Å². The maximum atomic E-state index is 2.41. The molecule has 2 aliphatic rings. The van der Waals surface area contributed by atoms with E-state index in [0.29, 0.717) is 0 Å². The molecule has 0 aromatic rings. The zero-order valence-electron chi connectivity index (χ0n) is 15.4. The highest BCUT2D eigenvalue weighted by molar-refractivity contribution is 4.80. The molecular weight excluding hydrogens is 240 g/mol. The fourth-order valence-corrected chi connectivity index (χ4v) is 3.89. The molecule has 0 radical (unpaired) electrons. The van der Waals surface area contributed by atoms with E-state index in [1.54, 1.807) is 25.7 Å². The van der Waals surface area contributed by atoms with E-state index < -0.39 is 0 Å². The van der Waals surface area contributed by atoms with Crippen molar-refractivity contribution in [3.05, 3.63) is 0 Å². The van der Waals surface area contributed by atoms with E-state index in [9.17, 15) is 0 Å². The van der Waals surface area contributed by atoms with E-state index in [1.165, 1.54) is 38.5 Å². The molecule has 0 aromatic heterocycles. The van der Waals surface area contributed by atoms with Gasteiger partial charge in [-0.2, -0.15) is 0 Å². The molecule has 0 atom stereocenters. The summed E-state index contributed by atoms with van der Waals surface area (Å²) in [4.78, 5) is 0. The molecule has 2 saturated carbocycles. The predicted octanol–water partition coefficient (Wildman–Crippen LogP) is 7.47. The molecule has 0 heterocycles. The molecule has 0 aliphatic heterocycles. The Kier molecular flexibility index (Phi) is 12.7. The topological polar surface area (TPSA) is 0 Å². The van der Waals surface area contributed by atoms with E-state index in [1.807, 2.05) is 13.8 Å². The second-order valence-corrected chi connectivity index (χ2v) is 7.02. The van der Waals surface area contributed by atoms with Crippen LogP contribution in [-0.4, -0.2) is 0 Å². The predicted molar refractivity (Wildman–Crippen MR) is 94.2 cm³/mol. The minimum atomic E-state index is 0.928. The summed E-state index contributed by atoms with van der Waals surface area (Å²) in [6.45, 7) is 13.1. The van der Waals surface area contributed by atoms with Crippen LogP contribution in [0.25, 0.3) is 0 Å². The third kappa shape index (κ3) is 7.70. The molecule has 0 heteroatoms. The van der Waals surface area contributed by atoms with Gasteiger partial charge in [-0.1, -0.05) is 80.1 Å². The average molecular weight is 283 g/mol. The van der Waals surface area contributed by atoms with Crippen molar-refractivity contribution in [2.24, 2.45) is 23.7 Å². The van der Waals surface area contributed by atoms with Crippen LogP contribution in [0, 0.1) is 23.7 Å². The molecule has 0 aromatic carbocycles. The van der Waals surface area contributed by atoms with Gasteiger partial charge in [0.2, 0.25) is 0 Å². The lowest BCUT2D eigenvalue weighted by molar-refractivity contribution is 0.148. The lowest BCUT2D eigenvalue weighted by atomic mass is 9.69. The number of hydrogen-bond donors (Lipinski definition) is 0. The smallest absolute Gasteiger partial charge is 0.0386 e. The first-order valence-corrected chi connectivity index (χ1v) is 9.69. The van der Waals surface area contributed by atoms with Crippen LogP contribution < -0.4 is 0 Å². The van der Waals surface area contributed by atoms with E-state index in [-0.39, 0.29) is 0 Å². The monoisotopic (exact) mass is 282 g/mol. The third-order valence-corrected chi connectivity index (χ3v) is 5.08. The van der Waals surface area contributed by atoms with Gasteiger partial charge in [-0.05, 0) is 49.4 Å². The van der Waals surface area contributed by atoms with Gasteiger partial charge in [0.1, 0.15) is 0 Å². The van der Waals surface area contributed by atoms with Crippen LogP contribution in [0.3, 0.4) is 0 Å². The summed E-state index contributed by atoms with van der Waals surface area (Å²) in [5.41, 5.74) is 0. The number of hydrogen-bond acceptors (Lipinski definition) is 0. The van der Waals surface area contributed by atoms with Gasteiger partial charge in [0, 0.05) is 0 Å². The summed E-state index contributed by atoms with van der Waals surface area (Å²) in [5, 5.41) is 0. The van der Waals surface area contributed by atoms with E-state index >= 15 is 0 Å². The van der Waals surface area contributed by atoms with E-state index in [0.717, 1.165) is 23.7 Å². The summed E-state index contributed by atoms with van der Waals surface area (Å²) < 4.78 is 0. The van der Waals surface area contributed by atoms with Crippen LogP contribution in [0.5, 0.6) is 0 Å². The molecule has 0 bridgehead atoms. The molecule has 2 fully saturated rings. The van der Waals surface area contributed by atoms with Crippen LogP contribution >= 0.6 is 0 Å². The highest BCUT2D eigenvalue weighted by atomic mass is 14.3. The van der Waals surface area contributed by atoms with Crippen LogP contribution in [0.15, 0.2) is 0 Å². The molecule has 0 amide bonds. The molecule has 0 unspecified atom stereocenters. The van der Waals surface area contributed by atoms with Crippen molar-refractivity contribution >= 4 is 0 Å². The van der Waals surface area contributed by atoms with Gasteiger partial charge in [0.15, 0.2) is 0 Å². The van der Waals surface area contributed by atoms with Crippen molar-refractivity contribution in [3.8, 4) is 0 Å². The highest BCUT2D eigenvalue weighted by Crippen LogP contribution is 2.41. The van der Waals surface area contributed by atoms with Crippen molar-refractivity contribution in [2.75, 3.05) is 0 Å².